The van der Waals surface area contributed by atoms with E-state index in [4.69, 9.17) is 4.74 Å². The number of benzene rings is 2. The number of amides is 2. The first kappa shape index (κ1) is 19.5. The summed E-state index contributed by atoms with van der Waals surface area (Å²) in [7, 11) is 0. The maximum Gasteiger partial charge on any atom is 0.267 e. The highest BCUT2D eigenvalue weighted by Crippen LogP contribution is 2.33. The van der Waals surface area contributed by atoms with E-state index in [0.717, 1.165) is 31.7 Å². The van der Waals surface area contributed by atoms with Gasteiger partial charge in [0, 0.05) is 38.6 Å². The zero-order chi connectivity index (χ0) is 20.2. The number of nitrogens with one attached hydrogen (secondary N) is 1. The largest absolute Gasteiger partial charge is 0.479 e. The van der Waals surface area contributed by atoms with Gasteiger partial charge in [-0.25, -0.2) is 0 Å². The standard InChI is InChI=1S/C23H27N3O3/c1-17-23(28)26(20-9-5-6-10-21(20)29-17)14-12-22(27)24-19-11-13-25(16-19)15-18-7-3-2-4-8-18/h2-10,17,19H,11-16H2,1H3,(H,24,27). The van der Waals surface area contributed by atoms with Gasteiger partial charge in [0.1, 0.15) is 5.75 Å². The number of rotatable bonds is 6. The van der Waals surface area contributed by atoms with Crippen molar-refractivity contribution in [2.24, 2.45) is 0 Å². The van der Waals surface area contributed by atoms with Gasteiger partial charge in [0.25, 0.3) is 5.91 Å². The molecule has 2 atom stereocenters. The molecule has 0 saturated carbocycles. The average molecular weight is 393 g/mol. The van der Waals surface area contributed by atoms with Crippen LogP contribution in [0.25, 0.3) is 0 Å². The number of para-hydroxylation sites is 2. The normalized spacial score (nSPS) is 21.6. The molecule has 2 aromatic carbocycles. The summed E-state index contributed by atoms with van der Waals surface area (Å²) >= 11 is 0. The molecule has 2 heterocycles. The molecule has 0 aliphatic carbocycles. The van der Waals surface area contributed by atoms with Gasteiger partial charge >= 0.3 is 0 Å². The zero-order valence-electron chi connectivity index (χ0n) is 16.7. The number of nitrogens with zero attached hydrogens (tertiary/aromatic N) is 2. The molecule has 0 radical (unpaired) electrons. The van der Waals surface area contributed by atoms with Crippen LogP contribution < -0.4 is 15.0 Å². The maximum absolute atomic E-state index is 12.5. The summed E-state index contributed by atoms with van der Waals surface area (Å²) in [5, 5.41) is 3.13. The van der Waals surface area contributed by atoms with Crippen molar-refractivity contribution in [2.45, 2.75) is 38.5 Å². The molecule has 2 aliphatic heterocycles. The summed E-state index contributed by atoms with van der Waals surface area (Å²) in [5.41, 5.74) is 2.02. The molecule has 0 aromatic heterocycles. The van der Waals surface area contributed by atoms with E-state index in [-0.39, 0.29) is 24.3 Å². The van der Waals surface area contributed by atoms with E-state index in [2.05, 4.69) is 34.5 Å². The zero-order valence-corrected chi connectivity index (χ0v) is 16.7. The second-order valence-corrected chi connectivity index (χ2v) is 7.74. The van der Waals surface area contributed by atoms with Gasteiger partial charge in [0.2, 0.25) is 5.91 Å². The average Bonchev–Trinajstić information content (AvgIpc) is 3.15. The van der Waals surface area contributed by atoms with E-state index in [1.807, 2.05) is 30.3 Å². The molecule has 0 spiro atoms. The summed E-state index contributed by atoms with van der Waals surface area (Å²) in [6.45, 7) is 4.84. The van der Waals surface area contributed by atoms with Gasteiger partial charge in [-0.15, -0.1) is 0 Å². The van der Waals surface area contributed by atoms with Crippen LogP contribution in [0.2, 0.25) is 0 Å². The quantitative estimate of drug-likeness (QED) is 0.820. The van der Waals surface area contributed by atoms with Crippen molar-refractivity contribution < 1.29 is 14.3 Å². The van der Waals surface area contributed by atoms with Crippen molar-refractivity contribution in [3.05, 3.63) is 60.2 Å². The fourth-order valence-corrected chi connectivity index (χ4v) is 4.04. The Bertz CT molecular complexity index is 871. The molecular weight excluding hydrogens is 366 g/mol. The molecule has 6 heteroatoms. The van der Waals surface area contributed by atoms with Crippen LogP contribution in [0.3, 0.4) is 0 Å². The maximum atomic E-state index is 12.5. The molecule has 6 nitrogen and oxygen atoms in total. The lowest BCUT2D eigenvalue weighted by Gasteiger charge is -2.32. The molecule has 2 amide bonds. The van der Waals surface area contributed by atoms with E-state index in [9.17, 15) is 9.59 Å². The summed E-state index contributed by atoms with van der Waals surface area (Å²) in [6.07, 6.45) is 0.700. The number of carbonyl (C=O) groups excluding carboxylic acids is 2. The van der Waals surface area contributed by atoms with Gasteiger partial charge in [0.15, 0.2) is 6.10 Å². The highest BCUT2D eigenvalue weighted by atomic mass is 16.5. The van der Waals surface area contributed by atoms with Gasteiger partial charge in [-0.1, -0.05) is 42.5 Å². The van der Waals surface area contributed by atoms with Crippen molar-refractivity contribution in [2.75, 3.05) is 24.5 Å². The van der Waals surface area contributed by atoms with Crippen LogP contribution in [-0.4, -0.2) is 48.5 Å². The Kier molecular flexibility index (Phi) is 5.81. The van der Waals surface area contributed by atoms with Crippen LogP contribution in [-0.2, 0) is 16.1 Å². The Balaban J connectivity index is 1.28. The van der Waals surface area contributed by atoms with Crippen molar-refractivity contribution in [1.29, 1.82) is 0 Å². The van der Waals surface area contributed by atoms with E-state index in [1.165, 1.54) is 5.56 Å². The van der Waals surface area contributed by atoms with Gasteiger partial charge in [-0.05, 0) is 31.0 Å². The number of fused-ring (bicyclic) bond motifs is 1. The third-order valence-electron chi connectivity index (χ3n) is 5.52. The lowest BCUT2D eigenvalue weighted by atomic mass is 10.1. The molecule has 2 aromatic rings. The molecule has 29 heavy (non-hydrogen) atoms. The molecular formula is C23H27N3O3. The first-order valence-corrected chi connectivity index (χ1v) is 10.2. The topological polar surface area (TPSA) is 61.9 Å². The SMILES string of the molecule is CC1Oc2ccccc2N(CCC(=O)NC2CCN(Cc3ccccc3)C2)C1=O. The smallest absolute Gasteiger partial charge is 0.267 e. The van der Waals surface area contributed by atoms with E-state index >= 15 is 0 Å². The number of hydrogen-bond acceptors (Lipinski definition) is 4. The molecule has 4 rings (SSSR count). The van der Waals surface area contributed by atoms with Gasteiger partial charge in [-0.2, -0.15) is 0 Å². The Hall–Kier alpha value is -2.86. The highest BCUT2D eigenvalue weighted by Gasteiger charge is 2.31. The van der Waals surface area contributed by atoms with Crippen LogP contribution in [0, 0.1) is 0 Å². The third kappa shape index (κ3) is 4.59. The van der Waals surface area contributed by atoms with Crippen molar-refractivity contribution in [1.82, 2.24) is 10.2 Å². The minimum absolute atomic E-state index is 0.0130. The summed E-state index contributed by atoms with van der Waals surface area (Å²) in [5.74, 6) is 0.569. The molecule has 2 aliphatic rings. The molecule has 1 N–H and O–H groups in total. The first-order valence-electron chi connectivity index (χ1n) is 10.2. The van der Waals surface area contributed by atoms with Crippen molar-refractivity contribution >= 4 is 17.5 Å². The van der Waals surface area contributed by atoms with Crippen LogP contribution in [0.4, 0.5) is 5.69 Å². The monoisotopic (exact) mass is 393 g/mol. The number of hydrogen-bond donors (Lipinski definition) is 1. The lowest BCUT2D eigenvalue weighted by Crippen LogP contribution is -2.46. The summed E-state index contributed by atoms with van der Waals surface area (Å²) < 4.78 is 5.65. The van der Waals surface area contributed by atoms with Crippen LogP contribution in [0.15, 0.2) is 54.6 Å². The minimum atomic E-state index is -0.533. The van der Waals surface area contributed by atoms with Crippen molar-refractivity contribution in [3.63, 3.8) is 0 Å². The molecule has 1 saturated heterocycles. The second kappa shape index (κ2) is 8.66. The van der Waals surface area contributed by atoms with E-state index in [0.29, 0.717) is 12.3 Å². The van der Waals surface area contributed by atoms with Gasteiger partial charge in [-0.3, -0.25) is 14.5 Å². The number of anilines is 1. The molecule has 0 bridgehead atoms. The van der Waals surface area contributed by atoms with E-state index in [1.54, 1.807) is 11.8 Å². The molecule has 152 valence electrons. The second-order valence-electron chi connectivity index (χ2n) is 7.74. The van der Waals surface area contributed by atoms with E-state index < -0.39 is 6.10 Å². The highest BCUT2D eigenvalue weighted by molar-refractivity contribution is 6.00. The number of carbonyl (C=O) groups is 2. The summed E-state index contributed by atoms with van der Waals surface area (Å²) in [4.78, 5) is 29.1. The Morgan fingerprint density at radius 3 is 2.72 bits per heavy atom. The first-order chi connectivity index (χ1) is 14.1. The Morgan fingerprint density at radius 1 is 1.14 bits per heavy atom. The lowest BCUT2D eigenvalue weighted by molar-refractivity contribution is -0.125. The van der Waals surface area contributed by atoms with Crippen LogP contribution in [0.5, 0.6) is 5.75 Å². The van der Waals surface area contributed by atoms with Gasteiger partial charge in [0.05, 0.1) is 5.69 Å². The van der Waals surface area contributed by atoms with Crippen molar-refractivity contribution in [3.8, 4) is 5.75 Å². The number of ether oxygens (including phenoxy) is 1. The predicted octanol–water partition coefficient (Wildman–Crippen LogP) is 2.58. The number of likely N-dealkylation sites (tertiary alicyclic amines) is 1. The summed E-state index contributed by atoms with van der Waals surface area (Å²) in [6, 6.07) is 18.0. The fourth-order valence-electron chi connectivity index (χ4n) is 4.04. The fraction of sp³-hybridized carbons (Fsp3) is 0.391. The Morgan fingerprint density at radius 2 is 1.90 bits per heavy atom. The molecule has 1 fully saturated rings. The predicted molar refractivity (Wildman–Crippen MR) is 112 cm³/mol. The third-order valence-corrected chi connectivity index (χ3v) is 5.52. The van der Waals surface area contributed by atoms with Crippen LogP contribution >= 0.6 is 0 Å². The molecule has 2 unspecified atom stereocenters. The Labute approximate surface area is 171 Å². The van der Waals surface area contributed by atoms with Gasteiger partial charge < -0.3 is 15.0 Å². The minimum Gasteiger partial charge on any atom is -0.479 e. The van der Waals surface area contributed by atoms with Crippen LogP contribution in [0.1, 0.15) is 25.3 Å².